The Balaban J connectivity index is 4.01. The summed E-state index contributed by atoms with van der Waals surface area (Å²) in [7, 11) is 0. The Bertz CT molecular complexity index is 128. The van der Waals surface area contributed by atoms with Crippen LogP contribution in [0.3, 0.4) is 0 Å². The van der Waals surface area contributed by atoms with E-state index in [1.807, 2.05) is 13.8 Å². The van der Waals surface area contributed by atoms with Gasteiger partial charge in [-0.25, -0.2) is 0 Å². The molecule has 2 nitrogen and oxygen atoms in total. The van der Waals surface area contributed by atoms with Crippen molar-refractivity contribution in [3.05, 3.63) is 0 Å². The number of rotatable bonds is 4. The quantitative estimate of drug-likeness (QED) is 0.682. The first-order chi connectivity index (χ1) is 4.95. The summed E-state index contributed by atoms with van der Waals surface area (Å²) in [6, 6.07) is 0. The topological polar surface area (TPSA) is 37.3 Å². The molecule has 0 saturated carbocycles. The van der Waals surface area contributed by atoms with Crippen LogP contribution in [0.1, 0.15) is 34.1 Å². The van der Waals surface area contributed by atoms with Crippen molar-refractivity contribution in [3.63, 3.8) is 0 Å². The Labute approximate surface area is 68.6 Å². The van der Waals surface area contributed by atoms with Gasteiger partial charge >= 0.3 is 5.97 Å². The van der Waals surface area contributed by atoms with Crippen LogP contribution >= 0.6 is 0 Å². The Hall–Kier alpha value is -0.530. The first kappa shape index (κ1) is 10.5. The molecule has 0 amide bonds. The van der Waals surface area contributed by atoms with Crippen LogP contribution in [0, 0.1) is 17.8 Å². The number of hydrogen-bond donors (Lipinski definition) is 1. The summed E-state index contributed by atoms with van der Waals surface area (Å²) < 4.78 is 0. The molecule has 66 valence electrons. The summed E-state index contributed by atoms with van der Waals surface area (Å²) in [5, 5.41) is 8.79. The average molecular weight is 158 g/mol. The highest BCUT2D eigenvalue weighted by Gasteiger charge is 2.21. The first-order valence-electron chi connectivity index (χ1n) is 4.18. The maximum atomic E-state index is 10.7. The normalized spacial score (nSPS) is 14.0. The lowest BCUT2D eigenvalue weighted by Gasteiger charge is -2.17. The molecule has 0 rings (SSSR count). The molecule has 0 aromatic rings. The van der Waals surface area contributed by atoms with Crippen molar-refractivity contribution in [1.29, 1.82) is 0 Å². The largest absolute Gasteiger partial charge is 0.481 e. The van der Waals surface area contributed by atoms with Crippen molar-refractivity contribution in [2.75, 3.05) is 0 Å². The second-order valence-electron chi connectivity index (χ2n) is 3.82. The molecule has 11 heavy (non-hydrogen) atoms. The monoisotopic (exact) mass is 158 g/mol. The molecular weight excluding hydrogens is 140 g/mol. The van der Waals surface area contributed by atoms with Crippen molar-refractivity contribution in [3.8, 4) is 0 Å². The maximum Gasteiger partial charge on any atom is 0.306 e. The van der Waals surface area contributed by atoms with Crippen LogP contribution in [0.2, 0.25) is 0 Å². The predicted molar refractivity (Wildman–Crippen MR) is 45.4 cm³/mol. The third kappa shape index (κ3) is 4.02. The number of carboxylic acids is 1. The minimum atomic E-state index is -0.659. The fourth-order valence-corrected chi connectivity index (χ4v) is 1.17. The van der Waals surface area contributed by atoms with E-state index in [9.17, 15) is 4.79 Å². The highest BCUT2D eigenvalue weighted by atomic mass is 16.4. The molecule has 0 radical (unpaired) electrons. The van der Waals surface area contributed by atoms with Gasteiger partial charge in [0.05, 0.1) is 5.92 Å². The van der Waals surface area contributed by atoms with Crippen LogP contribution < -0.4 is 0 Å². The zero-order valence-electron chi connectivity index (χ0n) is 7.79. The third-order valence-corrected chi connectivity index (χ3v) is 1.85. The van der Waals surface area contributed by atoms with E-state index in [1.165, 1.54) is 0 Å². The molecule has 0 heterocycles. The highest BCUT2D eigenvalue weighted by molar-refractivity contribution is 5.70. The standard InChI is InChI=1S/C9H18O2/c1-6(2)5-8(7(3)4)9(10)11/h6-8H,5H2,1-4H3,(H,10,11)/t8-/m1/s1. The molecule has 0 aliphatic heterocycles. The second kappa shape index (κ2) is 4.37. The zero-order valence-corrected chi connectivity index (χ0v) is 7.79. The average Bonchev–Trinajstić information content (AvgIpc) is 1.81. The van der Waals surface area contributed by atoms with Gasteiger partial charge < -0.3 is 5.11 Å². The zero-order chi connectivity index (χ0) is 9.02. The summed E-state index contributed by atoms with van der Waals surface area (Å²) >= 11 is 0. The number of carbonyl (C=O) groups is 1. The van der Waals surface area contributed by atoms with Crippen LogP contribution in [-0.2, 0) is 4.79 Å². The molecule has 0 fully saturated rings. The smallest absolute Gasteiger partial charge is 0.306 e. The van der Waals surface area contributed by atoms with Crippen LogP contribution in [0.25, 0.3) is 0 Å². The van der Waals surface area contributed by atoms with Crippen molar-refractivity contribution < 1.29 is 9.90 Å². The molecule has 0 bridgehead atoms. The Morgan fingerprint density at radius 3 is 1.82 bits per heavy atom. The van der Waals surface area contributed by atoms with E-state index < -0.39 is 5.97 Å². The molecule has 0 aromatic heterocycles. The third-order valence-electron chi connectivity index (χ3n) is 1.85. The van der Waals surface area contributed by atoms with E-state index in [0.29, 0.717) is 5.92 Å². The molecule has 0 aromatic carbocycles. The molecular formula is C9H18O2. The summed E-state index contributed by atoms with van der Waals surface area (Å²) in [6.45, 7) is 8.03. The molecule has 0 spiro atoms. The van der Waals surface area contributed by atoms with E-state index in [4.69, 9.17) is 5.11 Å². The SMILES string of the molecule is CC(C)C[C@@H](C(=O)O)C(C)C. The molecule has 1 N–H and O–H groups in total. The van der Waals surface area contributed by atoms with E-state index in [0.717, 1.165) is 6.42 Å². The first-order valence-corrected chi connectivity index (χ1v) is 4.18. The van der Waals surface area contributed by atoms with Gasteiger partial charge in [-0.3, -0.25) is 4.79 Å². The van der Waals surface area contributed by atoms with Gasteiger partial charge in [-0.1, -0.05) is 27.7 Å². The van der Waals surface area contributed by atoms with Crippen LogP contribution in [0.5, 0.6) is 0 Å². The Morgan fingerprint density at radius 1 is 1.27 bits per heavy atom. The lowest BCUT2D eigenvalue weighted by Crippen LogP contribution is -2.21. The van der Waals surface area contributed by atoms with Crippen molar-refractivity contribution in [2.24, 2.45) is 17.8 Å². The van der Waals surface area contributed by atoms with Gasteiger partial charge in [0, 0.05) is 0 Å². The molecule has 0 unspecified atom stereocenters. The van der Waals surface area contributed by atoms with Gasteiger partial charge in [0.2, 0.25) is 0 Å². The Morgan fingerprint density at radius 2 is 1.73 bits per heavy atom. The van der Waals surface area contributed by atoms with Gasteiger partial charge in [-0.2, -0.15) is 0 Å². The number of hydrogen-bond acceptors (Lipinski definition) is 1. The van der Waals surface area contributed by atoms with E-state index >= 15 is 0 Å². The van der Waals surface area contributed by atoms with Crippen LogP contribution in [0.4, 0.5) is 0 Å². The van der Waals surface area contributed by atoms with Crippen molar-refractivity contribution >= 4 is 5.97 Å². The lowest BCUT2D eigenvalue weighted by molar-refractivity contribution is -0.143. The minimum absolute atomic E-state index is 0.171. The molecule has 2 heteroatoms. The molecule has 0 aliphatic rings. The summed E-state index contributed by atoms with van der Waals surface area (Å²) in [5.74, 6) is -0.114. The van der Waals surface area contributed by atoms with Gasteiger partial charge in [-0.15, -0.1) is 0 Å². The van der Waals surface area contributed by atoms with Gasteiger partial charge in [-0.05, 0) is 18.3 Å². The maximum absolute atomic E-state index is 10.7. The summed E-state index contributed by atoms with van der Waals surface area (Å²) in [5.41, 5.74) is 0. The van der Waals surface area contributed by atoms with Gasteiger partial charge in [0.1, 0.15) is 0 Å². The molecule has 1 atom stereocenters. The summed E-state index contributed by atoms with van der Waals surface area (Å²) in [6.07, 6.45) is 0.785. The van der Waals surface area contributed by atoms with Crippen LogP contribution in [-0.4, -0.2) is 11.1 Å². The minimum Gasteiger partial charge on any atom is -0.481 e. The fourth-order valence-electron chi connectivity index (χ4n) is 1.17. The predicted octanol–water partition coefficient (Wildman–Crippen LogP) is 2.39. The summed E-state index contributed by atoms with van der Waals surface area (Å²) in [4.78, 5) is 10.7. The number of carboxylic acid groups (broad SMARTS) is 1. The van der Waals surface area contributed by atoms with Gasteiger partial charge in [0.15, 0.2) is 0 Å². The number of aliphatic carboxylic acids is 1. The highest BCUT2D eigenvalue weighted by Crippen LogP contribution is 2.19. The Kier molecular flexibility index (Phi) is 4.16. The van der Waals surface area contributed by atoms with Crippen molar-refractivity contribution in [1.82, 2.24) is 0 Å². The van der Waals surface area contributed by atoms with Gasteiger partial charge in [0.25, 0.3) is 0 Å². The van der Waals surface area contributed by atoms with E-state index in [-0.39, 0.29) is 11.8 Å². The van der Waals surface area contributed by atoms with E-state index in [1.54, 1.807) is 0 Å². The lowest BCUT2D eigenvalue weighted by atomic mass is 9.88. The van der Waals surface area contributed by atoms with Crippen LogP contribution in [0.15, 0.2) is 0 Å². The second-order valence-corrected chi connectivity index (χ2v) is 3.82. The van der Waals surface area contributed by atoms with Crippen molar-refractivity contribution in [2.45, 2.75) is 34.1 Å². The molecule has 0 aliphatic carbocycles. The molecule has 0 saturated heterocycles. The fraction of sp³-hybridized carbons (Fsp3) is 0.889. The van der Waals surface area contributed by atoms with E-state index in [2.05, 4.69) is 13.8 Å².